The maximum absolute atomic E-state index is 13.0. The van der Waals surface area contributed by atoms with Crippen LogP contribution in [0.1, 0.15) is 47.8 Å². The summed E-state index contributed by atoms with van der Waals surface area (Å²) >= 11 is 0. The molecule has 0 unspecified atom stereocenters. The Morgan fingerprint density at radius 3 is 2.31 bits per heavy atom. The number of benzene rings is 2. The van der Waals surface area contributed by atoms with Crippen LogP contribution in [0, 0.1) is 13.8 Å². The van der Waals surface area contributed by atoms with Gasteiger partial charge in [-0.25, -0.2) is 4.98 Å². The van der Waals surface area contributed by atoms with E-state index in [1.165, 1.54) is 5.56 Å². The van der Waals surface area contributed by atoms with Gasteiger partial charge >= 0.3 is 0 Å². The summed E-state index contributed by atoms with van der Waals surface area (Å²) in [6.07, 6.45) is 3.55. The van der Waals surface area contributed by atoms with Crippen molar-refractivity contribution in [2.45, 2.75) is 40.0 Å². The minimum absolute atomic E-state index is 0.0267. The fourth-order valence-corrected chi connectivity index (χ4v) is 4.03. The predicted molar refractivity (Wildman–Crippen MR) is 147 cm³/mol. The van der Waals surface area contributed by atoms with Gasteiger partial charge in [0.1, 0.15) is 11.5 Å². The molecule has 0 saturated carbocycles. The molecule has 2 N–H and O–H groups in total. The Balaban J connectivity index is 1.63. The molecule has 6 heteroatoms. The standard InChI is InChI=1S/C30H32N4O2/c1-19-10-15-27(31-17-19)32-26-16-22(18-34(6)29(26)36)24-8-7-9-25(20(24)2)33-28(35)21-11-13-23(14-12-21)30(3,4)5/h7-18H,1-6H3,(H,31,32)(H,33,35). The van der Waals surface area contributed by atoms with Crippen LogP contribution in [0.15, 0.2) is 77.9 Å². The van der Waals surface area contributed by atoms with Crippen molar-refractivity contribution in [3.05, 3.63) is 106 Å². The number of hydrogen-bond donors (Lipinski definition) is 2. The van der Waals surface area contributed by atoms with Gasteiger partial charge in [-0.1, -0.05) is 51.1 Å². The van der Waals surface area contributed by atoms with E-state index in [2.05, 4.69) is 36.4 Å². The Hall–Kier alpha value is -4.19. The van der Waals surface area contributed by atoms with Crippen LogP contribution < -0.4 is 16.2 Å². The molecule has 2 aromatic heterocycles. The van der Waals surface area contributed by atoms with E-state index in [0.717, 1.165) is 27.9 Å². The smallest absolute Gasteiger partial charge is 0.274 e. The minimum Gasteiger partial charge on any atom is -0.336 e. The molecule has 4 rings (SSSR count). The molecule has 0 atom stereocenters. The molecular formula is C30H32N4O2. The maximum atomic E-state index is 13.0. The quantitative estimate of drug-likeness (QED) is 0.349. The van der Waals surface area contributed by atoms with E-state index < -0.39 is 0 Å². The molecule has 0 aliphatic heterocycles. The first-order valence-electron chi connectivity index (χ1n) is 11.9. The fraction of sp³-hybridized carbons (Fsp3) is 0.233. The van der Waals surface area contributed by atoms with Crippen molar-refractivity contribution in [1.82, 2.24) is 9.55 Å². The molecule has 184 valence electrons. The number of pyridine rings is 2. The van der Waals surface area contributed by atoms with Gasteiger partial charge in [0, 0.05) is 36.3 Å². The molecule has 1 amide bonds. The second-order valence-electron chi connectivity index (χ2n) is 10.2. The first-order valence-corrected chi connectivity index (χ1v) is 11.9. The highest BCUT2D eigenvalue weighted by Gasteiger charge is 2.16. The van der Waals surface area contributed by atoms with Gasteiger partial charge in [-0.05, 0) is 71.8 Å². The van der Waals surface area contributed by atoms with Crippen molar-refractivity contribution >= 4 is 23.1 Å². The summed E-state index contributed by atoms with van der Waals surface area (Å²) in [6, 6.07) is 19.1. The molecule has 0 saturated heterocycles. The molecule has 0 radical (unpaired) electrons. The summed E-state index contributed by atoms with van der Waals surface area (Å²) in [4.78, 5) is 30.1. The normalized spacial score (nSPS) is 11.3. The summed E-state index contributed by atoms with van der Waals surface area (Å²) in [7, 11) is 1.72. The van der Waals surface area contributed by atoms with Gasteiger partial charge in [0.2, 0.25) is 0 Å². The maximum Gasteiger partial charge on any atom is 0.274 e. The van der Waals surface area contributed by atoms with E-state index in [9.17, 15) is 9.59 Å². The Bertz CT molecular complexity index is 1460. The second kappa shape index (κ2) is 9.82. The lowest BCUT2D eigenvalue weighted by Gasteiger charge is -2.19. The van der Waals surface area contributed by atoms with Gasteiger partial charge in [0.15, 0.2) is 0 Å². The minimum atomic E-state index is -0.163. The fourth-order valence-electron chi connectivity index (χ4n) is 4.03. The summed E-state index contributed by atoms with van der Waals surface area (Å²) in [5.41, 5.74) is 6.54. The lowest BCUT2D eigenvalue weighted by Crippen LogP contribution is -2.20. The third-order valence-electron chi connectivity index (χ3n) is 6.26. The number of nitrogens with one attached hydrogen (secondary N) is 2. The number of hydrogen-bond acceptors (Lipinski definition) is 4. The van der Waals surface area contributed by atoms with Crippen molar-refractivity contribution in [3.8, 4) is 11.1 Å². The molecule has 36 heavy (non-hydrogen) atoms. The monoisotopic (exact) mass is 480 g/mol. The first kappa shape index (κ1) is 24.9. The number of anilines is 3. The molecule has 2 heterocycles. The van der Waals surface area contributed by atoms with E-state index in [1.807, 2.05) is 74.5 Å². The van der Waals surface area contributed by atoms with Gasteiger partial charge in [0.05, 0.1) is 0 Å². The topological polar surface area (TPSA) is 76.0 Å². The van der Waals surface area contributed by atoms with Gasteiger partial charge in [-0.15, -0.1) is 0 Å². The average Bonchev–Trinajstić information content (AvgIpc) is 2.84. The van der Waals surface area contributed by atoms with Crippen LogP contribution in [-0.4, -0.2) is 15.5 Å². The largest absolute Gasteiger partial charge is 0.336 e. The zero-order valence-corrected chi connectivity index (χ0v) is 21.6. The summed E-state index contributed by atoms with van der Waals surface area (Å²) in [6.45, 7) is 10.4. The van der Waals surface area contributed by atoms with Crippen molar-refractivity contribution in [2.24, 2.45) is 7.05 Å². The molecule has 0 spiro atoms. The van der Waals surface area contributed by atoms with E-state index >= 15 is 0 Å². The molecule has 0 fully saturated rings. The number of rotatable bonds is 5. The summed E-state index contributed by atoms with van der Waals surface area (Å²) in [5.74, 6) is 0.439. The van der Waals surface area contributed by atoms with Crippen LogP contribution in [0.2, 0.25) is 0 Å². The highest BCUT2D eigenvalue weighted by molar-refractivity contribution is 6.05. The third-order valence-corrected chi connectivity index (χ3v) is 6.26. The Labute approximate surface area is 212 Å². The number of nitrogens with zero attached hydrogens (tertiary/aromatic N) is 2. The molecule has 6 nitrogen and oxygen atoms in total. The van der Waals surface area contributed by atoms with Gasteiger partial charge < -0.3 is 15.2 Å². The van der Waals surface area contributed by atoms with E-state index in [1.54, 1.807) is 24.0 Å². The van der Waals surface area contributed by atoms with Crippen LogP contribution in [0.25, 0.3) is 11.1 Å². The van der Waals surface area contributed by atoms with E-state index in [0.29, 0.717) is 17.1 Å². The molecule has 0 aliphatic rings. The SMILES string of the molecule is Cc1ccc(Nc2cc(-c3cccc(NC(=O)c4ccc(C(C)(C)C)cc4)c3C)cn(C)c2=O)nc1. The molecule has 0 aliphatic carbocycles. The number of amides is 1. The van der Waals surface area contributed by atoms with E-state index in [4.69, 9.17) is 0 Å². The van der Waals surface area contributed by atoms with Crippen LogP contribution in [0.5, 0.6) is 0 Å². The van der Waals surface area contributed by atoms with Crippen LogP contribution in [0.3, 0.4) is 0 Å². The van der Waals surface area contributed by atoms with Crippen LogP contribution in [0.4, 0.5) is 17.2 Å². The van der Waals surface area contributed by atoms with Crippen molar-refractivity contribution in [3.63, 3.8) is 0 Å². The van der Waals surface area contributed by atoms with Crippen molar-refractivity contribution in [2.75, 3.05) is 10.6 Å². The second-order valence-corrected chi connectivity index (χ2v) is 10.2. The van der Waals surface area contributed by atoms with Crippen molar-refractivity contribution in [1.29, 1.82) is 0 Å². The molecule has 0 bridgehead atoms. The highest BCUT2D eigenvalue weighted by Crippen LogP contribution is 2.30. The Kier molecular flexibility index (Phi) is 6.80. The molecule has 2 aromatic carbocycles. The van der Waals surface area contributed by atoms with E-state index in [-0.39, 0.29) is 16.9 Å². The lowest BCUT2D eigenvalue weighted by atomic mass is 9.86. The average molecular weight is 481 g/mol. The lowest BCUT2D eigenvalue weighted by molar-refractivity contribution is 0.102. The number of aromatic nitrogens is 2. The number of carbonyl (C=O) groups excluding carboxylic acids is 1. The predicted octanol–water partition coefficient (Wildman–Crippen LogP) is 6.36. The molecular weight excluding hydrogens is 448 g/mol. The highest BCUT2D eigenvalue weighted by atomic mass is 16.1. The van der Waals surface area contributed by atoms with Crippen LogP contribution >= 0.6 is 0 Å². The molecule has 4 aromatic rings. The number of aryl methyl sites for hydroxylation is 2. The van der Waals surface area contributed by atoms with Gasteiger partial charge in [-0.2, -0.15) is 0 Å². The van der Waals surface area contributed by atoms with Gasteiger partial charge in [-0.3, -0.25) is 9.59 Å². The van der Waals surface area contributed by atoms with Gasteiger partial charge in [0.25, 0.3) is 11.5 Å². The zero-order valence-electron chi connectivity index (χ0n) is 21.6. The first-order chi connectivity index (χ1) is 17.0. The third kappa shape index (κ3) is 5.38. The number of carbonyl (C=O) groups is 1. The summed E-state index contributed by atoms with van der Waals surface area (Å²) in [5, 5.41) is 6.19. The van der Waals surface area contributed by atoms with Crippen LogP contribution in [-0.2, 0) is 12.5 Å². The van der Waals surface area contributed by atoms with Crippen molar-refractivity contribution < 1.29 is 4.79 Å². The Morgan fingerprint density at radius 1 is 0.944 bits per heavy atom. The zero-order chi connectivity index (χ0) is 26.0. The Morgan fingerprint density at radius 2 is 1.67 bits per heavy atom. The summed E-state index contributed by atoms with van der Waals surface area (Å²) < 4.78 is 1.55.